The smallest absolute Gasteiger partial charge is 0.124 e. The van der Waals surface area contributed by atoms with Crippen LogP contribution in [0.3, 0.4) is 0 Å². The monoisotopic (exact) mass is 304 g/mol. The van der Waals surface area contributed by atoms with Gasteiger partial charge in [-0.25, -0.2) is 0 Å². The molecule has 0 radical (unpaired) electrons. The number of hydrogen-bond donors (Lipinski definition) is 0. The van der Waals surface area contributed by atoms with Crippen LogP contribution in [0, 0.1) is 0 Å². The van der Waals surface area contributed by atoms with Crippen LogP contribution >= 0.6 is 15.9 Å². The van der Waals surface area contributed by atoms with Gasteiger partial charge in [-0.15, -0.1) is 0 Å². The predicted molar refractivity (Wildman–Crippen MR) is 74.9 cm³/mol. The van der Waals surface area contributed by atoms with Gasteiger partial charge in [0.15, 0.2) is 0 Å². The third-order valence-electron chi connectivity index (χ3n) is 3.04. The van der Waals surface area contributed by atoms with Crippen LogP contribution in [0.5, 0.6) is 5.75 Å². The van der Waals surface area contributed by atoms with Crippen molar-refractivity contribution in [2.24, 2.45) is 0 Å². The summed E-state index contributed by atoms with van der Waals surface area (Å²) >= 11 is 3.55. The van der Waals surface area contributed by atoms with E-state index in [0.29, 0.717) is 6.61 Å². The Morgan fingerprint density at radius 1 is 1.22 bits per heavy atom. The maximum Gasteiger partial charge on any atom is 0.124 e. The molecule has 92 valence electrons. The molecule has 18 heavy (non-hydrogen) atoms. The number of pyridine rings is 1. The van der Waals surface area contributed by atoms with Crippen LogP contribution in [0.1, 0.15) is 5.56 Å². The van der Waals surface area contributed by atoms with Gasteiger partial charge in [-0.2, -0.15) is 0 Å². The summed E-state index contributed by atoms with van der Waals surface area (Å²) in [6.45, 7) is 2.43. The van der Waals surface area contributed by atoms with Crippen molar-refractivity contribution < 1.29 is 4.74 Å². The number of nitrogens with zero attached hydrogens (tertiary/aromatic N) is 2. The Kier molecular flexibility index (Phi) is 3.19. The zero-order valence-electron chi connectivity index (χ0n) is 9.84. The van der Waals surface area contributed by atoms with E-state index in [4.69, 9.17) is 4.74 Å². The van der Waals surface area contributed by atoms with Gasteiger partial charge in [0.25, 0.3) is 0 Å². The van der Waals surface area contributed by atoms with Gasteiger partial charge in [0, 0.05) is 24.5 Å². The van der Waals surface area contributed by atoms with Crippen LogP contribution in [0.2, 0.25) is 0 Å². The lowest BCUT2D eigenvalue weighted by atomic mass is 10.2. The standard InChI is InChI=1S/C14H13BrN2O/c15-12-9-16-6-5-13(12)17-7-8-18-14-4-2-1-3-11(14)10-17/h1-6,9H,7-8,10H2. The summed E-state index contributed by atoms with van der Waals surface area (Å²) in [7, 11) is 0. The van der Waals surface area contributed by atoms with Crippen molar-refractivity contribution in [3.8, 4) is 5.75 Å². The SMILES string of the molecule is Brc1cnccc1N1CCOc2ccccc2C1. The van der Waals surface area contributed by atoms with Gasteiger partial charge >= 0.3 is 0 Å². The minimum Gasteiger partial charge on any atom is -0.491 e. The maximum atomic E-state index is 5.77. The molecule has 2 aromatic rings. The summed E-state index contributed by atoms with van der Waals surface area (Å²) in [5.41, 5.74) is 2.38. The number of para-hydroxylation sites is 1. The third-order valence-corrected chi connectivity index (χ3v) is 3.66. The molecule has 0 spiro atoms. The van der Waals surface area contributed by atoms with Gasteiger partial charge < -0.3 is 9.64 Å². The number of aromatic nitrogens is 1. The van der Waals surface area contributed by atoms with Gasteiger partial charge in [-0.3, -0.25) is 4.98 Å². The van der Waals surface area contributed by atoms with Gasteiger partial charge in [-0.05, 0) is 28.1 Å². The molecule has 1 aromatic heterocycles. The molecule has 0 saturated heterocycles. The van der Waals surface area contributed by atoms with E-state index in [1.807, 2.05) is 36.7 Å². The third kappa shape index (κ3) is 2.20. The second-order valence-electron chi connectivity index (χ2n) is 4.20. The summed E-state index contributed by atoms with van der Waals surface area (Å²) in [5.74, 6) is 0.991. The van der Waals surface area contributed by atoms with Crippen molar-refractivity contribution in [3.05, 3.63) is 52.8 Å². The molecule has 0 saturated carbocycles. The van der Waals surface area contributed by atoms with E-state index in [9.17, 15) is 0 Å². The highest BCUT2D eigenvalue weighted by Gasteiger charge is 2.16. The first-order chi connectivity index (χ1) is 8.84. The topological polar surface area (TPSA) is 25.4 Å². The summed E-state index contributed by atoms with van der Waals surface area (Å²) in [4.78, 5) is 6.41. The van der Waals surface area contributed by atoms with E-state index >= 15 is 0 Å². The number of benzene rings is 1. The molecule has 0 aliphatic carbocycles. The van der Waals surface area contributed by atoms with Gasteiger partial charge in [0.2, 0.25) is 0 Å². The Balaban J connectivity index is 1.94. The number of ether oxygens (including phenoxy) is 1. The van der Waals surface area contributed by atoms with Crippen LogP contribution in [-0.2, 0) is 6.54 Å². The van der Waals surface area contributed by atoms with Gasteiger partial charge in [0.1, 0.15) is 12.4 Å². The van der Waals surface area contributed by atoms with E-state index in [1.165, 1.54) is 5.56 Å². The lowest BCUT2D eigenvalue weighted by Gasteiger charge is -2.23. The molecular weight excluding hydrogens is 292 g/mol. The normalized spacial score (nSPS) is 14.6. The van der Waals surface area contributed by atoms with Crippen LogP contribution in [0.4, 0.5) is 5.69 Å². The Bertz CT molecular complexity index is 559. The summed E-state index contributed by atoms with van der Waals surface area (Å²) < 4.78 is 6.79. The zero-order chi connectivity index (χ0) is 12.4. The molecule has 1 aliphatic rings. The molecule has 1 aliphatic heterocycles. The average molecular weight is 305 g/mol. The first-order valence-corrected chi connectivity index (χ1v) is 6.69. The van der Waals surface area contributed by atoms with Crippen molar-refractivity contribution in [1.82, 2.24) is 4.98 Å². The highest BCUT2D eigenvalue weighted by molar-refractivity contribution is 9.10. The Morgan fingerprint density at radius 3 is 3.00 bits per heavy atom. The molecule has 3 nitrogen and oxygen atoms in total. The Morgan fingerprint density at radius 2 is 2.11 bits per heavy atom. The first kappa shape index (κ1) is 11.5. The number of rotatable bonds is 1. The fourth-order valence-corrected chi connectivity index (χ4v) is 2.66. The van der Waals surface area contributed by atoms with Crippen molar-refractivity contribution in [2.75, 3.05) is 18.1 Å². The van der Waals surface area contributed by atoms with Crippen LogP contribution in [0.15, 0.2) is 47.2 Å². The molecule has 3 rings (SSSR count). The van der Waals surface area contributed by atoms with E-state index in [-0.39, 0.29) is 0 Å². The number of anilines is 1. The fourth-order valence-electron chi connectivity index (χ4n) is 2.16. The minimum absolute atomic E-state index is 0.700. The van der Waals surface area contributed by atoms with E-state index in [0.717, 1.165) is 29.0 Å². The number of fused-ring (bicyclic) bond motifs is 1. The zero-order valence-corrected chi connectivity index (χ0v) is 11.4. The highest BCUT2D eigenvalue weighted by atomic mass is 79.9. The largest absolute Gasteiger partial charge is 0.491 e. The molecule has 1 aromatic carbocycles. The predicted octanol–water partition coefficient (Wildman–Crippen LogP) is 3.24. The quantitative estimate of drug-likeness (QED) is 0.809. The van der Waals surface area contributed by atoms with Crippen LogP contribution in [-0.4, -0.2) is 18.1 Å². The summed E-state index contributed by atoms with van der Waals surface area (Å²) in [6, 6.07) is 10.2. The van der Waals surface area contributed by atoms with E-state index in [1.54, 1.807) is 0 Å². The Hall–Kier alpha value is -1.55. The second-order valence-corrected chi connectivity index (χ2v) is 5.06. The van der Waals surface area contributed by atoms with E-state index in [2.05, 4.69) is 31.9 Å². The number of halogens is 1. The van der Waals surface area contributed by atoms with Crippen molar-refractivity contribution >= 4 is 21.6 Å². The maximum absolute atomic E-state index is 5.77. The van der Waals surface area contributed by atoms with E-state index < -0.39 is 0 Å². The Labute approximate surface area is 115 Å². The first-order valence-electron chi connectivity index (χ1n) is 5.90. The minimum atomic E-state index is 0.700. The molecule has 4 heteroatoms. The fraction of sp³-hybridized carbons (Fsp3) is 0.214. The molecule has 0 bridgehead atoms. The van der Waals surface area contributed by atoms with Gasteiger partial charge in [-0.1, -0.05) is 18.2 Å². The lowest BCUT2D eigenvalue weighted by Crippen LogP contribution is -2.25. The molecule has 0 N–H and O–H groups in total. The van der Waals surface area contributed by atoms with Crippen molar-refractivity contribution in [1.29, 1.82) is 0 Å². The van der Waals surface area contributed by atoms with Crippen molar-refractivity contribution in [2.45, 2.75) is 6.54 Å². The number of hydrogen-bond acceptors (Lipinski definition) is 3. The highest BCUT2D eigenvalue weighted by Crippen LogP contribution is 2.30. The molecule has 0 amide bonds. The molecule has 0 fully saturated rings. The second kappa shape index (κ2) is 4.98. The lowest BCUT2D eigenvalue weighted by molar-refractivity contribution is 0.331. The molecular formula is C14H13BrN2O. The summed E-state index contributed by atoms with van der Waals surface area (Å²) in [6.07, 6.45) is 3.64. The molecule has 2 heterocycles. The van der Waals surface area contributed by atoms with Crippen LogP contribution in [0.25, 0.3) is 0 Å². The van der Waals surface area contributed by atoms with Gasteiger partial charge in [0.05, 0.1) is 16.7 Å². The molecule has 0 atom stereocenters. The molecule has 0 unspecified atom stereocenters. The van der Waals surface area contributed by atoms with Crippen LogP contribution < -0.4 is 9.64 Å². The van der Waals surface area contributed by atoms with Crippen molar-refractivity contribution in [3.63, 3.8) is 0 Å². The summed E-state index contributed by atoms with van der Waals surface area (Å²) in [5, 5.41) is 0. The average Bonchev–Trinajstić information content (AvgIpc) is 2.61.